The van der Waals surface area contributed by atoms with E-state index >= 15 is 0 Å². The molecular formula is C20H25N5O3. The fourth-order valence-corrected chi connectivity index (χ4v) is 3.08. The number of nitrogens with zero attached hydrogens (tertiary/aromatic N) is 4. The third kappa shape index (κ3) is 5.18. The molecule has 0 spiro atoms. The van der Waals surface area contributed by atoms with E-state index in [1.807, 2.05) is 18.3 Å². The third-order valence-corrected chi connectivity index (χ3v) is 4.67. The maximum Gasteiger partial charge on any atom is 0.290 e. The zero-order chi connectivity index (χ0) is 19.8. The number of aryl methyl sites for hydroxylation is 4. The first-order valence-electron chi connectivity index (χ1n) is 9.35. The molecule has 8 nitrogen and oxygen atoms in total. The third-order valence-electron chi connectivity index (χ3n) is 4.67. The standard InChI is InChI=1S/C19H23N5O.CH2O2/c1-25-17-5-3-2-4-14(17)8-9-18-22-19(15-6-7-15)23-24(18)11-10-16-12-20-13-21-16;2-1-3/h2-5,12-13,15H,6-11H2,1H3,(H,20,21);1H,(H,2,3). The number of aromatic amines is 1. The number of carbonyl (C=O) groups is 1. The Morgan fingerprint density at radius 2 is 2.07 bits per heavy atom. The minimum Gasteiger partial charge on any atom is -0.496 e. The van der Waals surface area contributed by atoms with E-state index in [1.165, 1.54) is 18.4 Å². The van der Waals surface area contributed by atoms with E-state index in [0.717, 1.165) is 48.9 Å². The molecule has 148 valence electrons. The number of hydrogen-bond acceptors (Lipinski definition) is 5. The lowest BCUT2D eigenvalue weighted by molar-refractivity contribution is -0.122. The molecule has 3 aromatic rings. The zero-order valence-corrected chi connectivity index (χ0v) is 15.9. The van der Waals surface area contributed by atoms with Crippen molar-refractivity contribution in [3.05, 3.63) is 59.7 Å². The Bertz CT molecular complexity index is 872. The lowest BCUT2D eigenvalue weighted by Gasteiger charge is -2.08. The largest absolute Gasteiger partial charge is 0.496 e. The Kier molecular flexibility index (Phi) is 6.78. The summed E-state index contributed by atoms with van der Waals surface area (Å²) in [6.07, 6.45) is 8.67. The number of methoxy groups -OCH3 is 1. The van der Waals surface area contributed by atoms with Crippen LogP contribution in [0.5, 0.6) is 5.75 Å². The van der Waals surface area contributed by atoms with Crippen molar-refractivity contribution in [3.8, 4) is 5.75 Å². The van der Waals surface area contributed by atoms with Crippen LogP contribution in [0.15, 0.2) is 36.8 Å². The van der Waals surface area contributed by atoms with E-state index in [4.69, 9.17) is 24.7 Å². The summed E-state index contributed by atoms with van der Waals surface area (Å²) in [4.78, 5) is 20.4. The SMILES string of the molecule is COc1ccccc1CCc1nc(C2CC2)nn1CCc1cnc[nH]1.O=CO. The van der Waals surface area contributed by atoms with Gasteiger partial charge in [0, 0.05) is 37.2 Å². The number of rotatable bonds is 8. The average molecular weight is 383 g/mol. The van der Waals surface area contributed by atoms with Gasteiger partial charge in [-0.15, -0.1) is 0 Å². The number of benzene rings is 1. The fraction of sp³-hybridized carbons (Fsp3) is 0.400. The summed E-state index contributed by atoms with van der Waals surface area (Å²) in [6, 6.07) is 8.18. The van der Waals surface area contributed by atoms with Gasteiger partial charge < -0.3 is 14.8 Å². The Balaban J connectivity index is 0.000000706. The number of hydrogen-bond donors (Lipinski definition) is 2. The molecule has 0 aliphatic heterocycles. The van der Waals surface area contributed by atoms with Gasteiger partial charge in [-0.3, -0.25) is 4.79 Å². The van der Waals surface area contributed by atoms with Gasteiger partial charge in [0.25, 0.3) is 6.47 Å². The molecule has 4 rings (SSSR count). The van der Waals surface area contributed by atoms with Crippen molar-refractivity contribution in [1.82, 2.24) is 24.7 Å². The van der Waals surface area contributed by atoms with Crippen LogP contribution in [-0.4, -0.2) is 43.4 Å². The number of nitrogens with one attached hydrogen (secondary N) is 1. The van der Waals surface area contributed by atoms with Gasteiger partial charge in [0.1, 0.15) is 11.6 Å². The predicted molar refractivity (Wildman–Crippen MR) is 103 cm³/mol. The van der Waals surface area contributed by atoms with Gasteiger partial charge in [-0.1, -0.05) is 18.2 Å². The monoisotopic (exact) mass is 383 g/mol. The number of imidazole rings is 1. The van der Waals surface area contributed by atoms with Gasteiger partial charge >= 0.3 is 0 Å². The van der Waals surface area contributed by atoms with Crippen LogP contribution in [0.2, 0.25) is 0 Å². The average Bonchev–Trinajstić information content (AvgIpc) is 3.27. The van der Waals surface area contributed by atoms with Gasteiger partial charge in [-0.25, -0.2) is 14.6 Å². The summed E-state index contributed by atoms with van der Waals surface area (Å²) < 4.78 is 7.53. The highest BCUT2D eigenvalue weighted by molar-refractivity contribution is 5.33. The Labute approximate surface area is 163 Å². The summed E-state index contributed by atoms with van der Waals surface area (Å²) in [5.41, 5.74) is 2.33. The van der Waals surface area contributed by atoms with Crippen molar-refractivity contribution in [2.45, 2.75) is 44.6 Å². The molecule has 2 heterocycles. The summed E-state index contributed by atoms with van der Waals surface area (Å²) in [7, 11) is 1.72. The second-order valence-corrected chi connectivity index (χ2v) is 6.63. The molecule has 1 aliphatic rings. The lowest BCUT2D eigenvalue weighted by Crippen LogP contribution is -2.09. The maximum absolute atomic E-state index is 8.36. The minimum absolute atomic E-state index is 0.250. The van der Waals surface area contributed by atoms with Crippen molar-refractivity contribution >= 4 is 6.47 Å². The molecule has 0 amide bonds. The first-order valence-corrected chi connectivity index (χ1v) is 9.35. The minimum atomic E-state index is -0.250. The molecule has 0 bridgehead atoms. The predicted octanol–water partition coefficient (Wildman–Crippen LogP) is 2.62. The van der Waals surface area contributed by atoms with Crippen LogP contribution in [0, 0.1) is 0 Å². The highest BCUT2D eigenvalue weighted by atomic mass is 16.5. The molecule has 1 aliphatic carbocycles. The van der Waals surface area contributed by atoms with E-state index in [2.05, 4.69) is 26.8 Å². The summed E-state index contributed by atoms with van der Waals surface area (Å²) >= 11 is 0. The summed E-state index contributed by atoms with van der Waals surface area (Å²) in [6.45, 7) is 0.573. The number of carboxylic acid groups (broad SMARTS) is 1. The number of aromatic nitrogens is 5. The highest BCUT2D eigenvalue weighted by Gasteiger charge is 2.28. The number of H-pyrrole nitrogens is 1. The smallest absolute Gasteiger partial charge is 0.290 e. The molecule has 8 heteroatoms. The molecule has 2 aromatic heterocycles. The van der Waals surface area contributed by atoms with Crippen molar-refractivity contribution in [3.63, 3.8) is 0 Å². The summed E-state index contributed by atoms with van der Waals surface area (Å²) in [5, 5.41) is 11.7. The highest BCUT2D eigenvalue weighted by Crippen LogP contribution is 2.38. The fourth-order valence-electron chi connectivity index (χ4n) is 3.08. The van der Waals surface area contributed by atoms with Crippen molar-refractivity contribution in [2.75, 3.05) is 7.11 Å². The van der Waals surface area contributed by atoms with Crippen LogP contribution in [0.3, 0.4) is 0 Å². The van der Waals surface area contributed by atoms with Crippen LogP contribution in [0.25, 0.3) is 0 Å². The topological polar surface area (TPSA) is 106 Å². The zero-order valence-electron chi connectivity index (χ0n) is 15.9. The molecular weight excluding hydrogens is 358 g/mol. The second kappa shape index (κ2) is 9.68. The van der Waals surface area contributed by atoms with Gasteiger partial charge in [-0.05, 0) is 30.9 Å². The summed E-state index contributed by atoms with van der Waals surface area (Å²) in [5.74, 6) is 3.58. The van der Waals surface area contributed by atoms with E-state index in [1.54, 1.807) is 13.4 Å². The normalized spacial score (nSPS) is 12.9. The Morgan fingerprint density at radius 3 is 2.75 bits per heavy atom. The van der Waals surface area contributed by atoms with E-state index in [-0.39, 0.29) is 6.47 Å². The molecule has 0 atom stereocenters. The van der Waals surface area contributed by atoms with Crippen LogP contribution < -0.4 is 4.74 Å². The van der Waals surface area contributed by atoms with Crippen molar-refractivity contribution < 1.29 is 14.6 Å². The van der Waals surface area contributed by atoms with Gasteiger partial charge in [0.15, 0.2) is 5.82 Å². The van der Waals surface area contributed by atoms with Gasteiger partial charge in [0.05, 0.1) is 13.4 Å². The van der Waals surface area contributed by atoms with Crippen LogP contribution in [0.4, 0.5) is 0 Å². The van der Waals surface area contributed by atoms with Crippen LogP contribution in [-0.2, 0) is 30.6 Å². The molecule has 0 saturated heterocycles. The van der Waals surface area contributed by atoms with Crippen molar-refractivity contribution in [2.24, 2.45) is 0 Å². The first kappa shape index (κ1) is 19.6. The van der Waals surface area contributed by atoms with Crippen LogP contribution >= 0.6 is 0 Å². The first-order chi connectivity index (χ1) is 13.7. The van der Waals surface area contributed by atoms with E-state index in [0.29, 0.717) is 5.92 Å². The Hall–Kier alpha value is -3.16. The Morgan fingerprint density at radius 1 is 1.29 bits per heavy atom. The number of ether oxygens (including phenoxy) is 1. The van der Waals surface area contributed by atoms with Gasteiger partial charge in [0.2, 0.25) is 0 Å². The molecule has 0 unspecified atom stereocenters. The van der Waals surface area contributed by atoms with Gasteiger partial charge in [-0.2, -0.15) is 5.10 Å². The lowest BCUT2D eigenvalue weighted by atomic mass is 10.1. The quantitative estimate of drug-likeness (QED) is 0.579. The van der Waals surface area contributed by atoms with E-state index < -0.39 is 0 Å². The van der Waals surface area contributed by atoms with E-state index in [9.17, 15) is 0 Å². The molecule has 1 saturated carbocycles. The second-order valence-electron chi connectivity index (χ2n) is 6.63. The molecule has 1 fully saturated rings. The maximum atomic E-state index is 8.36. The number of para-hydroxylation sites is 1. The molecule has 1 aromatic carbocycles. The molecule has 2 N–H and O–H groups in total. The molecule has 0 radical (unpaired) electrons. The molecule has 28 heavy (non-hydrogen) atoms. The van der Waals surface area contributed by atoms with Crippen LogP contribution in [0.1, 0.15) is 41.7 Å². The van der Waals surface area contributed by atoms with Crippen molar-refractivity contribution in [1.29, 1.82) is 0 Å².